The van der Waals surface area contributed by atoms with Gasteiger partial charge < -0.3 is 5.11 Å². The van der Waals surface area contributed by atoms with Crippen LogP contribution in [0.3, 0.4) is 0 Å². The van der Waals surface area contributed by atoms with Gasteiger partial charge in [-0.25, -0.2) is 0 Å². The average Bonchev–Trinajstić information content (AvgIpc) is 2.62. The van der Waals surface area contributed by atoms with Gasteiger partial charge in [0.15, 0.2) is 5.78 Å². The Kier molecular flexibility index (Phi) is 5.67. The second-order valence-electron chi connectivity index (χ2n) is 6.75. The molecule has 3 heteroatoms. The molecule has 25 heavy (non-hydrogen) atoms. The van der Waals surface area contributed by atoms with Gasteiger partial charge in [-0.15, -0.1) is 0 Å². The van der Waals surface area contributed by atoms with E-state index in [4.69, 9.17) is 0 Å². The van der Waals surface area contributed by atoms with E-state index in [0.29, 0.717) is 5.75 Å². The van der Waals surface area contributed by atoms with E-state index in [-0.39, 0.29) is 5.78 Å². The van der Waals surface area contributed by atoms with Gasteiger partial charge in [-0.05, 0) is 60.6 Å². The molecule has 0 spiro atoms. The summed E-state index contributed by atoms with van der Waals surface area (Å²) in [6.45, 7) is 4.41. The molecule has 0 unspecified atom stereocenters. The third kappa shape index (κ3) is 4.80. The molecule has 0 atom stereocenters. The molecule has 0 amide bonds. The lowest BCUT2D eigenvalue weighted by atomic mass is 9.92. The Balaban J connectivity index is 1.68. The first kappa shape index (κ1) is 17.4. The van der Waals surface area contributed by atoms with Gasteiger partial charge in [0, 0.05) is 19.6 Å². The van der Waals surface area contributed by atoms with E-state index in [9.17, 15) is 9.90 Å². The topological polar surface area (TPSA) is 40.5 Å². The quantitative estimate of drug-likeness (QED) is 0.863. The maximum Gasteiger partial charge on any atom is 0.155 e. The van der Waals surface area contributed by atoms with Crippen LogP contribution in [0.25, 0.3) is 0 Å². The first-order valence-electron chi connectivity index (χ1n) is 8.88. The Morgan fingerprint density at radius 1 is 1.00 bits per heavy atom. The van der Waals surface area contributed by atoms with Gasteiger partial charge in [0.25, 0.3) is 0 Å². The molecule has 0 aliphatic carbocycles. The number of carbonyl (C=O) groups excluding carboxylic acids is 1. The van der Waals surface area contributed by atoms with Crippen LogP contribution in [0.4, 0.5) is 0 Å². The monoisotopic (exact) mass is 335 g/mol. The molecule has 1 N–H and O–H groups in total. The maximum absolute atomic E-state index is 12.0. The predicted molar refractivity (Wildman–Crippen MR) is 100 cm³/mol. The summed E-state index contributed by atoms with van der Waals surface area (Å²) in [5.74, 6) is 0.499. The standard InChI is InChI=1S/C22H25NO2/c1-17(24)22-13-14-23(15-19-5-3-2-4-6-19)16-20(22)10-7-18-8-11-21(25)12-9-18/h2-6,8-9,11-12,25H,7,10,13-16H2,1H3. The molecular formula is C22H25NO2. The lowest BCUT2D eigenvalue weighted by Gasteiger charge is -2.30. The number of hydrogen-bond donors (Lipinski definition) is 1. The van der Waals surface area contributed by atoms with Crippen LogP contribution < -0.4 is 0 Å². The highest BCUT2D eigenvalue weighted by Crippen LogP contribution is 2.24. The van der Waals surface area contributed by atoms with Crippen molar-refractivity contribution >= 4 is 5.78 Å². The van der Waals surface area contributed by atoms with Gasteiger partial charge in [0.2, 0.25) is 0 Å². The Morgan fingerprint density at radius 3 is 2.40 bits per heavy atom. The molecule has 2 aromatic carbocycles. The zero-order chi connectivity index (χ0) is 17.6. The summed E-state index contributed by atoms with van der Waals surface area (Å²) in [6, 6.07) is 17.8. The van der Waals surface area contributed by atoms with Crippen molar-refractivity contribution in [1.82, 2.24) is 4.90 Å². The highest BCUT2D eigenvalue weighted by atomic mass is 16.3. The van der Waals surface area contributed by atoms with Crippen molar-refractivity contribution in [1.29, 1.82) is 0 Å². The summed E-state index contributed by atoms with van der Waals surface area (Å²) in [5, 5.41) is 9.40. The fourth-order valence-corrected chi connectivity index (χ4v) is 3.48. The Hall–Kier alpha value is -2.39. The summed E-state index contributed by atoms with van der Waals surface area (Å²) in [7, 11) is 0. The smallest absolute Gasteiger partial charge is 0.155 e. The second kappa shape index (κ2) is 8.13. The summed E-state index contributed by atoms with van der Waals surface area (Å²) in [5.41, 5.74) is 4.78. The number of ketones is 1. The van der Waals surface area contributed by atoms with Crippen molar-refractivity contribution in [2.75, 3.05) is 13.1 Å². The number of aromatic hydroxyl groups is 1. The molecule has 1 aliphatic rings. The summed E-state index contributed by atoms with van der Waals surface area (Å²) >= 11 is 0. The molecule has 0 bridgehead atoms. The Morgan fingerprint density at radius 2 is 1.72 bits per heavy atom. The van der Waals surface area contributed by atoms with Crippen molar-refractivity contribution in [2.45, 2.75) is 32.7 Å². The summed E-state index contributed by atoms with van der Waals surface area (Å²) < 4.78 is 0. The van der Waals surface area contributed by atoms with E-state index >= 15 is 0 Å². The number of nitrogens with zero attached hydrogens (tertiary/aromatic N) is 1. The summed E-state index contributed by atoms with van der Waals surface area (Å²) in [6.07, 6.45) is 2.63. The van der Waals surface area contributed by atoms with E-state index in [1.807, 2.05) is 18.2 Å². The van der Waals surface area contributed by atoms with E-state index in [0.717, 1.165) is 44.5 Å². The largest absolute Gasteiger partial charge is 0.508 e. The average molecular weight is 335 g/mol. The first-order valence-corrected chi connectivity index (χ1v) is 8.88. The number of phenolic OH excluding ortho intramolecular Hbond substituents is 1. The van der Waals surface area contributed by atoms with Crippen molar-refractivity contribution in [3.8, 4) is 5.75 Å². The van der Waals surface area contributed by atoms with Crippen LogP contribution in [0.15, 0.2) is 65.7 Å². The Labute approximate surface area is 149 Å². The van der Waals surface area contributed by atoms with E-state index in [1.54, 1.807) is 19.1 Å². The molecule has 1 heterocycles. The molecular weight excluding hydrogens is 310 g/mol. The van der Waals surface area contributed by atoms with Crippen LogP contribution in [0.5, 0.6) is 5.75 Å². The molecule has 1 aliphatic heterocycles. The highest BCUT2D eigenvalue weighted by molar-refractivity contribution is 5.94. The van der Waals surface area contributed by atoms with Crippen molar-refractivity contribution in [3.63, 3.8) is 0 Å². The lowest BCUT2D eigenvalue weighted by Crippen LogP contribution is -2.32. The number of phenols is 1. The normalized spacial score (nSPS) is 15.4. The Bertz CT molecular complexity index is 747. The molecule has 130 valence electrons. The van der Waals surface area contributed by atoms with Gasteiger partial charge in [-0.2, -0.15) is 0 Å². The van der Waals surface area contributed by atoms with E-state index in [1.165, 1.54) is 16.7 Å². The third-order valence-electron chi connectivity index (χ3n) is 4.85. The molecule has 0 saturated carbocycles. The van der Waals surface area contributed by atoms with Crippen molar-refractivity contribution in [2.24, 2.45) is 0 Å². The van der Waals surface area contributed by atoms with Crippen LogP contribution in [0, 0.1) is 0 Å². The fourth-order valence-electron chi connectivity index (χ4n) is 3.48. The van der Waals surface area contributed by atoms with Gasteiger partial charge in [0.05, 0.1) is 0 Å². The van der Waals surface area contributed by atoms with Gasteiger partial charge in [-0.1, -0.05) is 42.5 Å². The molecule has 3 nitrogen and oxygen atoms in total. The lowest BCUT2D eigenvalue weighted by molar-refractivity contribution is -0.114. The van der Waals surface area contributed by atoms with Gasteiger partial charge in [0.1, 0.15) is 5.75 Å². The SMILES string of the molecule is CC(=O)C1=C(CCc2ccc(O)cc2)CN(Cc2ccccc2)CC1. The van der Waals surface area contributed by atoms with E-state index in [2.05, 4.69) is 29.2 Å². The molecule has 2 aromatic rings. The van der Waals surface area contributed by atoms with Gasteiger partial charge in [-0.3, -0.25) is 9.69 Å². The summed E-state index contributed by atoms with van der Waals surface area (Å²) in [4.78, 5) is 14.4. The second-order valence-corrected chi connectivity index (χ2v) is 6.75. The predicted octanol–water partition coefficient (Wildman–Crippen LogP) is 4.12. The molecule has 0 fully saturated rings. The van der Waals surface area contributed by atoms with Crippen molar-refractivity contribution in [3.05, 3.63) is 76.9 Å². The van der Waals surface area contributed by atoms with Crippen LogP contribution in [0.2, 0.25) is 0 Å². The molecule has 0 saturated heterocycles. The van der Waals surface area contributed by atoms with Crippen LogP contribution >= 0.6 is 0 Å². The van der Waals surface area contributed by atoms with Gasteiger partial charge >= 0.3 is 0 Å². The first-order chi connectivity index (χ1) is 12.1. The minimum Gasteiger partial charge on any atom is -0.508 e. The minimum atomic E-state index is 0.208. The minimum absolute atomic E-state index is 0.208. The number of hydrogen-bond acceptors (Lipinski definition) is 3. The van der Waals surface area contributed by atoms with Crippen LogP contribution in [-0.2, 0) is 17.8 Å². The zero-order valence-electron chi connectivity index (χ0n) is 14.7. The number of rotatable bonds is 6. The number of aryl methyl sites for hydroxylation is 1. The number of carbonyl (C=O) groups is 1. The van der Waals surface area contributed by atoms with Crippen LogP contribution in [0.1, 0.15) is 30.9 Å². The number of benzene rings is 2. The fraction of sp³-hybridized carbons (Fsp3) is 0.318. The number of Topliss-reactive ketones (excluding diaryl/α,β-unsaturated/α-hetero) is 1. The highest BCUT2D eigenvalue weighted by Gasteiger charge is 2.21. The third-order valence-corrected chi connectivity index (χ3v) is 4.85. The maximum atomic E-state index is 12.0. The zero-order valence-corrected chi connectivity index (χ0v) is 14.7. The molecule has 3 rings (SSSR count). The molecule has 0 radical (unpaired) electrons. The van der Waals surface area contributed by atoms with Crippen LogP contribution in [-0.4, -0.2) is 28.9 Å². The van der Waals surface area contributed by atoms with E-state index < -0.39 is 0 Å². The molecule has 0 aromatic heterocycles. The van der Waals surface area contributed by atoms with Crippen molar-refractivity contribution < 1.29 is 9.90 Å².